The van der Waals surface area contributed by atoms with Gasteiger partial charge >= 0.3 is 0 Å². The lowest BCUT2D eigenvalue weighted by Crippen LogP contribution is -2.29. The number of ether oxygens (including phenoxy) is 1. The average molecular weight is 445 g/mol. The fourth-order valence-corrected chi connectivity index (χ4v) is 3.66. The fourth-order valence-electron chi connectivity index (χ4n) is 3.66. The second-order valence-electron chi connectivity index (χ2n) is 7.55. The molecule has 0 bridgehead atoms. The number of aromatic nitrogens is 5. The van der Waals surface area contributed by atoms with Gasteiger partial charge in [0.15, 0.2) is 11.6 Å². The molecule has 1 atom stereocenters. The minimum atomic E-state index is -0.369. The summed E-state index contributed by atoms with van der Waals surface area (Å²) in [5.74, 6) is 1.20. The van der Waals surface area contributed by atoms with Crippen molar-refractivity contribution in [1.29, 1.82) is 0 Å². The first-order valence-corrected chi connectivity index (χ1v) is 10.3. The molecule has 0 spiro atoms. The molecule has 0 radical (unpaired) electrons. The van der Waals surface area contributed by atoms with Crippen LogP contribution >= 0.6 is 0 Å². The molecule has 1 aliphatic heterocycles. The van der Waals surface area contributed by atoms with E-state index in [1.54, 1.807) is 36.5 Å². The first kappa shape index (κ1) is 20.6. The van der Waals surface area contributed by atoms with Gasteiger partial charge in [-0.05, 0) is 30.3 Å². The Morgan fingerprint density at radius 3 is 2.97 bits per heavy atom. The highest BCUT2D eigenvalue weighted by Crippen LogP contribution is 2.33. The zero-order valence-electron chi connectivity index (χ0n) is 17.7. The molecular weight excluding hydrogens is 425 g/mol. The Kier molecular flexibility index (Phi) is 5.39. The molecular formula is C23H20FN7O2. The Balaban J connectivity index is 1.25. The largest absolute Gasteiger partial charge is 0.491 e. The van der Waals surface area contributed by atoms with Gasteiger partial charge in [0.1, 0.15) is 30.2 Å². The number of nitrogens with zero attached hydrogens (tertiary/aromatic N) is 5. The summed E-state index contributed by atoms with van der Waals surface area (Å²) < 4.78 is 20.7. The van der Waals surface area contributed by atoms with E-state index in [0.29, 0.717) is 35.2 Å². The number of carbonyl (C=O) groups is 1. The van der Waals surface area contributed by atoms with Crippen molar-refractivity contribution in [1.82, 2.24) is 30.0 Å². The van der Waals surface area contributed by atoms with Gasteiger partial charge in [-0.3, -0.25) is 4.79 Å². The number of anilines is 1. The molecule has 9 nitrogen and oxygen atoms in total. The highest BCUT2D eigenvalue weighted by atomic mass is 19.1. The van der Waals surface area contributed by atoms with Crippen LogP contribution < -0.4 is 15.4 Å². The van der Waals surface area contributed by atoms with Crippen molar-refractivity contribution >= 4 is 11.6 Å². The van der Waals surface area contributed by atoms with Crippen LogP contribution in [0.2, 0.25) is 0 Å². The number of halogens is 1. The maximum Gasteiger partial charge on any atom is 0.251 e. The number of amides is 1. The van der Waals surface area contributed by atoms with E-state index in [4.69, 9.17) is 4.74 Å². The van der Waals surface area contributed by atoms with Crippen LogP contribution in [0.5, 0.6) is 5.75 Å². The lowest BCUT2D eigenvalue weighted by molar-refractivity contribution is 0.0930. The molecule has 0 aliphatic carbocycles. The van der Waals surface area contributed by atoms with Crippen LogP contribution in [0, 0.1) is 5.82 Å². The summed E-state index contributed by atoms with van der Waals surface area (Å²) in [6.45, 7) is 0.679. The van der Waals surface area contributed by atoms with E-state index in [0.717, 1.165) is 11.3 Å². The van der Waals surface area contributed by atoms with Crippen molar-refractivity contribution in [3.05, 3.63) is 83.8 Å². The van der Waals surface area contributed by atoms with Gasteiger partial charge in [-0.15, -0.1) is 10.2 Å². The second-order valence-corrected chi connectivity index (χ2v) is 7.55. The van der Waals surface area contributed by atoms with Crippen molar-refractivity contribution in [2.75, 3.05) is 11.9 Å². The van der Waals surface area contributed by atoms with E-state index in [-0.39, 0.29) is 24.4 Å². The van der Waals surface area contributed by atoms with Crippen molar-refractivity contribution < 1.29 is 13.9 Å². The monoisotopic (exact) mass is 445 g/mol. The SMILES string of the molecule is Cn1c(CNc2cccc(C(=O)NC3COc4cc(F)ccc43)c2)nnc1-c1ccncn1. The third kappa shape index (κ3) is 4.22. The normalized spacial score (nSPS) is 14.4. The van der Waals surface area contributed by atoms with E-state index >= 15 is 0 Å². The summed E-state index contributed by atoms with van der Waals surface area (Å²) in [6, 6.07) is 12.9. The third-order valence-corrected chi connectivity index (χ3v) is 5.41. The topological polar surface area (TPSA) is 107 Å². The summed E-state index contributed by atoms with van der Waals surface area (Å²) >= 11 is 0. The summed E-state index contributed by atoms with van der Waals surface area (Å²) in [5.41, 5.74) is 2.71. The Labute approximate surface area is 188 Å². The highest BCUT2D eigenvalue weighted by molar-refractivity contribution is 5.95. The number of carbonyl (C=O) groups excluding carboxylic acids is 1. The molecule has 2 aromatic heterocycles. The molecule has 4 aromatic rings. The molecule has 10 heteroatoms. The number of benzene rings is 2. The van der Waals surface area contributed by atoms with E-state index < -0.39 is 0 Å². The maximum atomic E-state index is 13.4. The lowest BCUT2D eigenvalue weighted by Gasteiger charge is -2.13. The third-order valence-electron chi connectivity index (χ3n) is 5.41. The predicted octanol–water partition coefficient (Wildman–Crippen LogP) is 2.89. The van der Waals surface area contributed by atoms with Gasteiger partial charge in [-0.1, -0.05) is 12.1 Å². The van der Waals surface area contributed by atoms with E-state index in [1.807, 2.05) is 17.7 Å². The quantitative estimate of drug-likeness (QED) is 0.470. The smallest absolute Gasteiger partial charge is 0.251 e. The number of rotatable bonds is 6. The maximum absolute atomic E-state index is 13.4. The number of hydrogen-bond donors (Lipinski definition) is 2. The van der Waals surface area contributed by atoms with Crippen LogP contribution in [0.15, 0.2) is 61.1 Å². The molecule has 0 fully saturated rings. The minimum Gasteiger partial charge on any atom is -0.491 e. The van der Waals surface area contributed by atoms with Crippen molar-refractivity contribution in [2.24, 2.45) is 7.05 Å². The second kappa shape index (κ2) is 8.65. The Bertz CT molecular complexity index is 1310. The molecule has 166 valence electrons. The number of nitrogens with one attached hydrogen (secondary N) is 2. The van der Waals surface area contributed by atoms with Crippen LogP contribution in [-0.2, 0) is 13.6 Å². The first-order valence-electron chi connectivity index (χ1n) is 10.3. The zero-order chi connectivity index (χ0) is 22.8. The van der Waals surface area contributed by atoms with Crippen molar-refractivity contribution in [3.63, 3.8) is 0 Å². The molecule has 0 saturated heterocycles. The first-order chi connectivity index (χ1) is 16.1. The molecule has 2 N–H and O–H groups in total. The van der Waals surface area contributed by atoms with Crippen LogP contribution in [0.3, 0.4) is 0 Å². The Morgan fingerprint density at radius 1 is 1.21 bits per heavy atom. The van der Waals surface area contributed by atoms with Crippen molar-refractivity contribution in [2.45, 2.75) is 12.6 Å². The van der Waals surface area contributed by atoms with Crippen LogP contribution in [0.25, 0.3) is 11.5 Å². The molecule has 1 unspecified atom stereocenters. The summed E-state index contributed by atoms with van der Waals surface area (Å²) in [6.07, 6.45) is 3.12. The van der Waals surface area contributed by atoms with Gasteiger partial charge < -0.3 is 19.9 Å². The van der Waals surface area contributed by atoms with Gasteiger partial charge in [0, 0.05) is 36.1 Å². The molecule has 0 saturated carbocycles. The Hall–Kier alpha value is -4.34. The van der Waals surface area contributed by atoms with Gasteiger partial charge in [0.05, 0.1) is 12.6 Å². The predicted molar refractivity (Wildman–Crippen MR) is 118 cm³/mol. The van der Waals surface area contributed by atoms with Gasteiger partial charge in [0.25, 0.3) is 5.91 Å². The molecule has 1 aliphatic rings. The number of fused-ring (bicyclic) bond motifs is 1. The standard InChI is InChI=1S/C23H20FN7O2/c1-31-21(29-30-22(31)18-7-8-25-13-27-18)11-26-16-4-2-3-14(9-16)23(32)28-19-12-33-20-10-15(24)5-6-17(19)20/h2-10,13,19,26H,11-12H2,1H3,(H,28,32). The Morgan fingerprint density at radius 2 is 2.12 bits per heavy atom. The average Bonchev–Trinajstić information content (AvgIpc) is 3.41. The molecule has 5 rings (SSSR count). The van der Waals surface area contributed by atoms with Gasteiger partial charge in [-0.2, -0.15) is 0 Å². The fraction of sp³-hybridized carbons (Fsp3) is 0.174. The molecule has 3 heterocycles. The summed E-state index contributed by atoms with van der Waals surface area (Å²) in [7, 11) is 1.87. The summed E-state index contributed by atoms with van der Waals surface area (Å²) in [4.78, 5) is 20.9. The van der Waals surface area contributed by atoms with E-state index in [1.165, 1.54) is 18.5 Å². The van der Waals surface area contributed by atoms with Crippen molar-refractivity contribution in [3.8, 4) is 17.3 Å². The van der Waals surface area contributed by atoms with Gasteiger partial charge in [-0.25, -0.2) is 14.4 Å². The summed E-state index contributed by atoms with van der Waals surface area (Å²) in [5, 5.41) is 14.7. The lowest BCUT2D eigenvalue weighted by atomic mass is 10.1. The highest BCUT2D eigenvalue weighted by Gasteiger charge is 2.26. The van der Waals surface area contributed by atoms with E-state index in [2.05, 4.69) is 30.8 Å². The van der Waals surface area contributed by atoms with Crippen LogP contribution in [0.1, 0.15) is 27.8 Å². The zero-order valence-corrected chi connectivity index (χ0v) is 17.7. The van der Waals surface area contributed by atoms with E-state index in [9.17, 15) is 9.18 Å². The molecule has 1 amide bonds. The van der Waals surface area contributed by atoms with Crippen LogP contribution in [-0.4, -0.2) is 37.2 Å². The minimum absolute atomic E-state index is 0.242. The molecule has 2 aromatic carbocycles. The van der Waals surface area contributed by atoms with Gasteiger partial charge in [0.2, 0.25) is 0 Å². The number of hydrogen-bond acceptors (Lipinski definition) is 7. The van der Waals surface area contributed by atoms with Crippen LogP contribution in [0.4, 0.5) is 10.1 Å². The molecule has 33 heavy (non-hydrogen) atoms.